The Bertz CT molecular complexity index is 229. The Morgan fingerprint density at radius 1 is 1.25 bits per heavy atom. The first-order valence-corrected chi connectivity index (χ1v) is 4.37. The van der Waals surface area contributed by atoms with Crippen LogP contribution in [0.3, 0.4) is 0 Å². The van der Waals surface area contributed by atoms with E-state index < -0.39 is 0 Å². The Morgan fingerprint density at radius 3 is 2.75 bits per heavy atom. The fraction of sp³-hybridized carbons (Fsp3) is 0.400. The molecule has 2 nitrogen and oxygen atoms in total. The van der Waals surface area contributed by atoms with Crippen LogP contribution in [0.25, 0.3) is 0 Å². The van der Waals surface area contributed by atoms with Crippen molar-refractivity contribution in [1.29, 1.82) is 0 Å². The molecule has 0 saturated carbocycles. The highest BCUT2D eigenvalue weighted by molar-refractivity contribution is 5.17. The highest BCUT2D eigenvalue weighted by Gasteiger charge is 2.13. The Balaban J connectivity index is 2.08. The maximum absolute atomic E-state index is 5.55. The summed E-state index contributed by atoms with van der Waals surface area (Å²) < 4.78 is 5.55. The van der Waals surface area contributed by atoms with Gasteiger partial charge in [0, 0.05) is 6.54 Å². The van der Waals surface area contributed by atoms with Gasteiger partial charge in [0.15, 0.2) is 0 Å². The SMILES string of the molecule is c1ccc(C2NCCCO2)cc1. The van der Waals surface area contributed by atoms with Gasteiger partial charge in [0.1, 0.15) is 6.23 Å². The van der Waals surface area contributed by atoms with Gasteiger partial charge in [-0.1, -0.05) is 30.3 Å². The number of ether oxygens (including phenoxy) is 1. The van der Waals surface area contributed by atoms with Crippen molar-refractivity contribution in [2.75, 3.05) is 13.2 Å². The zero-order valence-electron chi connectivity index (χ0n) is 6.99. The molecule has 2 rings (SSSR count). The van der Waals surface area contributed by atoms with Crippen molar-refractivity contribution in [1.82, 2.24) is 5.32 Å². The highest BCUT2D eigenvalue weighted by Crippen LogP contribution is 2.16. The molecule has 0 aliphatic carbocycles. The van der Waals surface area contributed by atoms with Gasteiger partial charge in [0.2, 0.25) is 0 Å². The largest absolute Gasteiger partial charge is 0.359 e. The summed E-state index contributed by atoms with van der Waals surface area (Å²) in [6.45, 7) is 1.92. The van der Waals surface area contributed by atoms with Gasteiger partial charge in [-0.25, -0.2) is 0 Å². The van der Waals surface area contributed by atoms with Gasteiger partial charge in [-0.2, -0.15) is 0 Å². The predicted octanol–water partition coefficient (Wildman–Crippen LogP) is 1.70. The van der Waals surface area contributed by atoms with Crippen LogP contribution in [0.1, 0.15) is 18.2 Å². The van der Waals surface area contributed by atoms with Crippen molar-refractivity contribution in [2.24, 2.45) is 0 Å². The van der Waals surface area contributed by atoms with Crippen LogP contribution in [0.2, 0.25) is 0 Å². The number of hydrogen-bond donors (Lipinski definition) is 1. The Kier molecular flexibility index (Phi) is 2.39. The summed E-state index contributed by atoms with van der Waals surface area (Å²) in [4.78, 5) is 0. The van der Waals surface area contributed by atoms with Crippen LogP contribution < -0.4 is 5.32 Å². The van der Waals surface area contributed by atoms with E-state index in [1.54, 1.807) is 0 Å². The maximum Gasteiger partial charge on any atom is 0.134 e. The Morgan fingerprint density at radius 2 is 2.08 bits per heavy atom. The molecule has 1 heterocycles. The molecule has 0 radical (unpaired) electrons. The summed E-state index contributed by atoms with van der Waals surface area (Å²) in [6, 6.07) is 10.3. The molecule has 1 aromatic rings. The van der Waals surface area contributed by atoms with Crippen molar-refractivity contribution in [3.05, 3.63) is 35.9 Å². The van der Waals surface area contributed by atoms with Crippen LogP contribution in [0.15, 0.2) is 30.3 Å². The molecular formula is C10H13NO. The molecule has 2 heteroatoms. The normalized spacial score (nSPS) is 23.8. The molecule has 0 aromatic heterocycles. The second-order valence-corrected chi connectivity index (χ2v) is 2.97. The first-order chi connectivity index (χ1) is 5.97. The molecule has 1 saturated heterocycles. The summed E-state index contributed by atoms with van der Waals surface area (Å²) in [7, 11) is 0. The first-order valence-electron chi connectivity index (χ1n) is 4.37. The Labute approximate surface area is 72.5 Å². The lowest BCUT2D eigenvalue weighted by molar-refractivity contribution is -0.000310. The summed E-state index contributed by atoms with van der Waals surface area (Å²) >= 11 is 0. The predicted molar refractivity (Wildman–Crippen MR) is 47.8 cm³/mol. The second kappa shape index (κ2) is 3.70. The van der Waals surface area contributed by atoms with Crippen LogP contribution in [0, 0.1) is 0 Å². The topological polar surface area (TPSA) is 21.3 Å². The third-order valence-electron chi connectivity index (χ3n) is 2.04. The standard InChI is InChI=1S/C10H13NO/c1-2-5-9(6-3-1)10-11-7-4-8-12-10/h1-3,5-6,10-11H,4,7-8H2. The van der Waals surface area contributed by atoms with Crippen LogP contribution in [-0.4, -0.2) is 13.2 Å². The van der Waals surface area contributed by atoms with E-state index in [1.165, 1.54) is 5.56 Å². The molecule has 0 amide bonds. The minimum Gasteiger partial charge on any atom is -0.359 e. The fourth-order valence-electron chi connectivity index (χ4n) is 1.41. The molecule has 1 N–H and O–H groups in total. The van der Waals surface area contributed by atoms with E-state index in [0.717, 1.165) is 19.6 Å². The van der Waals surface area contributed by atoms with E-state index in [0.29, 0.717) is 0 Å². The number of nitrogens with one attached hydrogen (secondary N) is 1. The molecule has 1 aliphatic rings. The summed E-state index contributed by atoms with van der Waals surface area (Å²) in [5.41, 5.74) is 1.22. The smallest absolute Gasteiger partial charge is 0.134 e. The maximum atomic E-state index is 5.55. The molecule has 0 spiro atoms. The van der Waals surface area contributed by atoms with E-state index >= 15 is 0 Å². The first kappa shape index (κ1) is 7.77. The van der Waals surface area contributed by atoms with Gasteiger partial charge in [0.25, 0.3) is 0 Å². The quantitative estimate of drug-likeness (QED) is 0.680. The zero-order valence-corrected chi connectivity index (χ0v) is 6.99. The van der Waals surface area contributed by atoms with Gasteiger partial charge in [0.05, 0.1) is 6.61 Å². The Hall–Kier alpha value is -0.860. The molecule has 1 unspecified atom stereocenters. The number of benzene rings is 1. The number of rotatable bonds is 1. The summed E-state index contributed by atoms with van der Waals surface area (Å²) in [6.07, 6.45) is 1.23. The molecule has 1 aromatic carbocycles. The fourth-order valence-corrected chi connectivity index (χ4v) is 1.41. The molecule has 0 bridgehead atoms. The lowest BCUT2D eigenvalue weighted by Crippen LogP contribution is -2.30. The lowest BCUT2D eigenvalue weighted by atomic mass is 10.2. The second-order valence-electron chi connectivity index (χ2n) is 2.97. The van der Waals surface area contributed by atoms with E-state index in [2.05, 4.69) is 17.4 Å². The van der Waals surface area contributed by atoms with Crippen LogP contribution in [0.4, 0.5) is 0 Å². The van der Waals surface area contributed by atoms with Crippen LogP contribution in [0.5, 0.6) is 0 Å². The van der Waals surface area contributed by atoms with Gasteiger partial charge >= 0.3 is 0 Å². The van der Waals surface area contributed by atoms with E-state index in [9.17, 15) is 0 Å². The minimum atomic E-state index is 0.111. The lowest BCUT2D eigenvalue weighted by Gasteiger charge is -2.24. The van der Waals surface area contributed by atoms with E-state index in [-0.39, 0.29) is 6.23 Å². The van der Waals surface area contributed by atoms with Gasteiger partial charge in [-0.3, -0.25) is 5.32 Å². The van der Waals surface area contributed by atoms with Crippen LogP contribution in [-0.2, 0) is 4.74 Å². The van der Waals surface area contributed by atoms with Crippen molar-refractivity contribution in [3.63, 3.8) is 0 Å². The van der Waals surface area contributed by atoms with Crippen molar-refractivity contribution in [3.8, 4) is 0 Å². The van der Waals surface area contributed by atoms with Crippen molar-refractivity contribution in [2.45, 2.75) is 12.6 Å². The molecular weight excluding hydrogens is 150 g/mol. The average molecular weight is 163 g/mol. The molecule has 1 fully saturated rings. The van der Waals surface area contributed by atoms with Gasteiger partial charge in [-0.15, -0.1) is 0 Å². The molecule has 64 valence electrons. The monoisotopic (exact) mass is 163 g/mol. The summed E-state index contributed by atoms with van der Waals surface area (Å²) in [5, 5.41) is 3.31. The van der Waals surface area contributed by atoms with Gasteiger partial charge in [-0.05, 0) is 12.0 Å². The van der Waals surface area contributed by atoms with Crippen molar-refractivity contribution >= 4 is 0 Å². The van der Waals surface area contributed by atoms with E-state index in [4.69, 9.17) is 4.74 Å². The van der Waals surface area contributed by atoms with Gasteiger partial charge < -0.3 is 4.74 Å². The molecule has 12 heavy (non-hydrogen) atoms. The number of hydrogen-bond acceptors (Lipinski definition) is 2. The van der Waals surface area contributed by atoms with Crippen molar-refractivity contribution < 1.29 is 4.74 Å². The molecule has 1 aliphatic heterocycles. The third-order valence-corrected chi connectivity index (χ3v) is 2.04. The zero-order chi connectivity index (χ0) is 8.23. The van der Waals surface area contributed by atoms with E-state index in [1.807, 2.05) is 18.2 Å². The summed E-state index contributed by atoms with van der Waals surface area (Å²) in [5.74, 6) is 0. The minimum absolute atomic E-state index is 0.111. The molecule has 1 atom stereocenters. The van der Waals surface area contributed by atoms with Crippen LogP contribution >= 0.6 is 0 Å². The third kappa shape index (κ3) is 1.65. The average Bonchev–Trinajstić information content (AvgIpc) is 2.21. The highest BCUT2D eigenvalue weighted by atomic mass is 16.5.